The van der Waals surface area contributed by atoms with Crippen molar-refractivity contribution in [1.82, 2.24) is 5.32 Å². The molecule has 0 aromatic carbocycles. The van der Waals surface area contributed by atoms with Gasteiger partial charge in [0.05, 0.1) is 6.07 Å². The molecule has 0 aromatic rings. The molecule has 1 aliphatic rings. The predicted molar refractivity (Wildman–Crippen MR) is 65.0 cm³/mol. The molecule has 2 N–H and O–H groups in total. The third-order valence-electron chi connectivity index (χ3n) is 3.52. The van der Waals surface area contributed by atoms with Crippen molar-refractivity contribution in [2.45, 2.75) is 51.5 Å². The molecule has 4 nitrogen and oxygen atoms in total. The second kappa shape index (κ2) is 7.29. The van der Waals surface area contributed by atoms with E-state index in [9.17, 15) is 9.90 Å². The van der Waals surface area contributed by atoms with Gasteiger partial charge in [-0.25, -0.2) is 0 Å². The number of aliphatic hydroxyl groups is 1. The Morgan fingerprint density at radius 1 is 1.53 bits per heavy atom. The fourth-order valence-electron chi connectivity index (χ4n) is 2.44. The number of nitriles is 1. The van der Waals surface area contributed by atoms with Crippen LogP contribution in [-0.2, 0) is 4.79 Å². The van der Waals surface area contributed by atoms with Crippen LogP contribution in [0.2, 0.25) is 0 Å². The fraction of sp³-hybridized carbons (Fsp3) is 0.846. The highest BCUT2D eigenvalue weighted by molar-refractivity contribution is 5.81. The van der Waals surface area contributed by atoms with Crippen LogP contribution in [0.1, 0.15) is 45.4 Å². The van der Waals surface area contributed by atoms with Crippen LogP contribution in [0.3, 0.4) is 0 Å². The quantitative estimate of drug-likeness (QED) is 0.764. The number of nitrogens with one attached hydrogen (secondary N) is 1. The molecule has 4 heteroatoms. The van der Waals surface area contributed by atoms with Gasteiger partial charge in [-0.3, -0.25) is 4.79 Å². The number of carbonyl (C=O) groups is 1. The second-order valence-electron chi connectivity index (χ2n) is 4.81. The van der Waals surface area contributed by atoms with E-state index >= 15 is 0 Å². The van der Waals surface area contributed by atoms with Crippen LogP contribution in [-0.4, -0.2) is 23.7 Å². The Labute approximate surface area is 103 Å². The van der Waals surface area contributed by atoms with Gasteiger partial charge < -0.3 is 10.4 Å². The summed E-state index contributed by atoms with van der Waals surface area (Å²) in [5.74, 6) is -0.547. The Morgan fingerprint density at radius 3 is 2.82 bits per heavy atom. The van der Waals surface area contributed by atoms with Crippen LogP contribution >= 0.6 is 0 Å². The first kappa shape index (κ1) is 14.0. The van der Waals surface area contributed by atoms with Crippen molar-refractivity contribution in [3.63, 3.8) is 0 Å². The highest BCUT2D eigenvalue weighted by Crippen LogP contribution is 2.24. The van der Waals surface area contributed by atoms with Gasteiger partial charge in [0.1, 0.15) is 5.92 Å². The van der Waals surface area contributed by atoms with Crippen LogP contribution in [0.5, 0.6) is 0 Å². The third-order valence-corrected chi connectivity index (χ3v) is 3.52. The summed E-state index contributed by atoms with van der Waals surface area (Å²) >= 11 is 0. The van der Waals surface area contributed by atoms with Crippen LogP contribution in [0.15, 0.2) is 0 Å². The van der Waals surface area contributed by atoms with Gasteiger partial charge in [0.25, 0.3) is 0 Å². The first-order valence-electron chi connectivity index (χ1n) is 6.53. The maximum atomic E-state index is 11.9. The molecule has 1 rings (SSSR count). The van der Waals surface area contributed by atoms with E-state index in [1.807, 2.05) is 6.92 Å². The number of aliphatic hydroxyl groups excluding tert-OH is 1. The summed E-state index contributed by atoms with van der Waals surface area (Å²) in [7, 11) is 0. The first-order valence-corrected chi connectivity index (χ1v) is 6.53. The molecule has 0 aromatic heterocycles. The minimum atomic E-state index is -0.540. The molecule has 1 aliphatic carbocycles. The lowest BCUT2D eigenvalue weighted by atomic mass is 9.84. The summed E-state index contributed by atoms with van der Waals surface area (Å²) in [5, 5.41) is 21.1. The van der Waals surface area contributed by atoms with Crippen LogP contribution in [0.25, 0.3) is 0 Å². The van der Waals surface area contributed by atoms with Gasteiger partial charge in [-0.2, -0.15) is 5.26 Å². The second-order valence-corrected chi connectivity index (χ2v) is 4.81. The smallest absolute Gasteiger partial charge is 0.237 e. The van der Waals surface area contributed by atoms with Crippen molar-refractivity contribution >= 4 is 5.91 Å². The maximum Gasteiger partial charge on any atom is 0.237 e. The number of hydrogen-bond acceptors (Lipinski definition) is 3. The molecular weight excluding hydrogens is 216 g/mol. The van der Waals surface area contributed by atoms with E-state index < -0.39 is 5.92 Å². The first-order chi connectivity index (χ1) is 8.22. The van der Waals surface area contributed by atoms with Gasteiger partial charge in [0.15, 0.2) is 0 Å². The van der Waals surface area contributed by atoms with Gasteiger partial charge in [-0.05, 0) is 19.3 Å². The minimum Gasteiger partial charge on any atom is -0.396 e. The standard InChI is InChI=1S/C13H22N2O2/c1-2-5-10(8-14)13(17)15-12-7-4-3-6-11(12)9-16/h10-12,16H,2-7,9H2,1H3,(H,15,17). The maximum absolute atomic E-state index is 11.9. The van der Waals surface area contributed by atoms with E-state index in [-0.39, 0.29) is 24.5 Å². The lowest BCUT2D eigenvalue weighted by Gasteiger charge is -2.31. The molecule has 0 radical (unpaired) electrons. The van der Waals surface area contributed by atoms with E-state index in [0.717, 1.165) is 32.1 Å². The molecule has 96 valence electrons. The Hall–Kier alpha value is -1.08. The van der Waals surface area contributed by atoms with Crippen molar-refractivity contribution in [3.8, 4) is 6.07 Å². The molecule has 3 atom stereocenters. The molecule has 17 heavy (non-hydrogen) atoms. The van der Waals surface area contributed by atoms with E-state index in [4.69, 9.17) is 5.26 Å². The van der Waals surface area contributed by atoms with Gasteiger partial charge in [-0.15, -0.1) is 0 Å². The van der Waals surface area contributed by atoms with Crippen molar-refractivity contribution in [1.29, 1.82) is 5.26 Å². The number of hydrogen-bond donors (Lipinski definition) is 2. The Bertz CT molecular complexity index is 286. The van der Waals surface area contributed by atoms with Gasteiger partial charge in [0.2, 0.25) is 5.91 Å². The molecule has 3 unspecified atom stereocenters. The average Bonchev–Trinajstić information content (AvgIpc) is 2.36. The van der Waals surface area contributed by atoms with Crippen molar-refractivity contribution in [2.75, 3.05) is 6.61 Å². The lowest BCUT2D eigenvalue weighted by Crippen LogP contribution is -2.45. The van der Waals surface area contributed by atoms with Crippen molar-refractivity contribution in [3.05, 3.63) is 0 Å². The van der Waals surface area contributed by atoms with Crippen LogP contribution in [0.4, 0.5) is 0 Å². The van der Waals surface area contributed by atoms with E-state index in [0.29, 0.717) is 6.42 Å². The summed E-state index contributed by atoms with van der Waals surface area (Å²) in [6.45, 7) is 2.09. The fourth-order valence-corrected chi connectivity index (χ4v) is 2.44. The highest BCUT2D eigenvalue weighted by Gasteiger charge is 2.28. The molecule has 0 bridgehead atoms. The number of rotatable bonds is 5. The summed E-state index contributed by atoms with van der Waals surface area (Å²) < 4.78 is 0. The molecule has 0 spiro atoms. The normalized spacial score (nSPS) is 25.9. The van der Waals surface area contributed by atoms with Gasteiger partial charge >= 0.3 is 0 Å². The molecule has 0 saturated heterocycles. The summed E-state index contributed by atoms with van der Waals surface area (Å²) in [6, 6.07) is 2.10. The number of carbonyl (C=O) groups excluding carboxylic acids is 1. The summed E-state index contributed by atoms with van der Waals surface area (Å²) in [4.78, 5) is 11.9. The van der Waals surface area contributed by atoms with Crippen molar-refractivity contribution in [2.24, 2.45) is 11.8 Å². The van der Waals surface area contributed by atoms with Crippen molar-refractivity contribution < 1.29 is 9.90 Å². The van der Waals surface area contributed by atoms with Gasteiger partial charge in [0, 0.05) is 18.6 Å². The molecule has 1 fully saturated rings. The molecule has 1 amide bonds. The molecular formula is C13H22N2O2. The number of nitrogens with zero attached hydrogens (tertiary/aromatic N) is 1. The molecule has 0 heterocycles. The Morgan fingerprint density at radius 2 is 2.24 bits per heavy atom. The monoisotopic (exact) mass is 238 g/mol. The largest absolute Gasteiger partial charge is 0.396 e. The third kappa shape index (κ3) is 4.01. The SMILES string of the molecule is CCCC(C#N)C(=O)NC1CCCCC1CO. The topological polar surface area (TPSA) is 73.1 Å². The Kier molecular flexibility index (Phi) is 5.99. The van der Waals surface area contributed by atoms with E-state index in [1.54, 1.807) is 0 Å². The van der Waals surface area contributed by atoms with Crippen LogP contribution in [0, 0.1) is 23.2 Å². The van der Waals surface area contributed by atoms with E-state index in [2.05, 4.69) is 11.4 Å². The molecule has 1 saturated carbocycles. The van der Waals surface area contributed by atoms with Gasteiger partial charge in [-0.1, -0.05) is 26.2 Å². The Balaban J connectivity index is 2.51. The number of amides is 1. The highest BCUT2D eigenvalue weighted by atomic mass is 16.3. The zero-order chi connectivity index (χ0) is 12.7. The predicted octanol–water partition coefficient (Wildman–Crippen LogP) is 1.59. The molecule has 0 aliphatic heterocycles. The minimum absolute atomic E-state index is 0.0500. The zero-order valence-electron chi connectivity index (χ0n) is 10.5. The average molecular weight is 238 g/mol. The summed E-state index contributed by atoms with van der Waals surface area (Å²) in [5.41, 5.74) is 0. The summed E-state index contributed by atoms with van der Waals surface area (Å²) in [6.07, 6.45) is 5.53. The lowest BCUT2D eigenvalue weighted by molar-refractivity contribution is -0.125. The van der Waals surface area contributed by atoms with E-state index in [1.165, 1.54) is 0 Å². The zero-order valence-corrected chi connectivity index (χ0v) is 10.5. The van der Waals surface area contributed by atoms with Crippen LogP contribution < -0.4 is 5.32 Å².